The molecule has 2 N–H and O–H groups in total. The molecular formula is C25H38N2O3S. The van der Waals surface area contributed by atoms with Gasteiger partial charge in [-0.2, -0.15) is 11.8 Å². The molecule has 172 valence electrons. The summed E-state index contributed by atoms with van der Waals surface area (Å²) in [4.78, 5) is 25.8. The molecule has 0 radical (unpaired) electrons. The van der Waals surface area contributed by atoms with E-state index in [1.807, 2.05) is 36.0 Å². The second-order valence-corrected chi connectivity index (χ2v) is 10.1. The lowest BCUT2D eigenvalue weighted by Gasteiger charge is -2.25. The predicted octanol–water partition coefficient (Wildman–Crippen LogP) is 4.69. The highest BCUT2D eigenvalue weighted by atomic mass is 32.2. The third-order valence-electron chi connectivity index (χ3n) is 6.60. The third kappa shape index (κ3) is 8.06. The summed E-state index contributed by atoms with van der Waals surface area (Å²) >= 11 is 1.82. The van der Waals surface area contributed by atoms with Gasteiger partial charge in [-0.3, -0.25) is 9.59 Å². The summed E-state index contributed by atoms with van der Waals surface area (Å²) < 4.78 is 5.19. The van der Waals surface area contributed by atoms with Gasteiger partial charge in [-0.1, -0.05) is 50.7 Å². The normalized spacial score (nSPS) is 18.9. The van der Waals surface area contributed by atoms with Crippen molar-refractivity contribution in [3.05, 3.63) is 29.8 Å². The molecule has 31 heavy (non-hydrogen) atoms. The quantitative estimate of drug-likeness (QED) is 0.547. The minimum Gasteiger partial charge on any atom is -0.497 e. The number of benzene rings is 1. The average molecular weight is 447 g/mol. The molecule has 2 aliphatic carbocycles. The van der Waals surface area contributed by atoms with Gasteiger partial charge >= 0.3 is 0 Å². The van der Waals surface area contributed by atoms with Crippen LogP contribution < -0.4 is 15.4 Å². The molecule has 0 aliphatic heterocycles. The molecule has 0 bridgehead atoms. The van der Waals surface area contributed by atoms with E-state index in [4.69, 9.17) is 4.74 Å². The molecule has 2 amide bonds. The number of amides is 2. The zero-order chi connectivity index (χ0) is 21.9. The highest BCUT2D eigenvalue weighted by Crippen LogP contribution is 2.27. The Labute approximate surface area is 191 Å². The number of rotatable bonds is 10. The molecule has 6 heteroatoms. The van der Waals surface area contributed by atoms with Crippen molar-refractivity contribution in [2.45, 2.75) is 76.8 Å². The van der Waals surface area contributed by atoms with Crippen LogP contribution in [0, 0.1) is 11.8 Å². The Morgan fingerprint density at radius 1 is 1.00 bits per heavy atom. The van der Waals surface area contributed by atoms with E-state index in [1.165, 1.54) is 38.5 Å². The molecule has 2 saturated carbocycles. The van der Waals surface area contributed by atoms with Crippen molar-refractivity contribution in [2.75, 3.05) is 18.6 Å². The first-order valence-corrected chi connectivity index (χ1v) is 13.1. The Kier molecular flexibility index (Phi) is 10.0. The molecule has 2 aliphatic rings. The molecular weight excluding hydrogens is 408 g/mol. The van der Waals surface area contributed by atoms with Gasteiger partial charge < -0.3 is 15.4 Å². The molecule has 1 aromatic rings. The Balaban J connectivity index is 1.52. The first-order valence-electron chi connectivity index (χ1n) is 11.9. The molecule has 0 saturated heterocycles. The first-order chi connectivity index (χ1) is 15.2. The van der Waals surface area contributed by atoms with Gasteiger partial charge in [0.1, 0.15) is 11.8 Å². The van der Waals surface area contributed by atoms with Gasteiger partial charge in [0, 0.05) is 18.2 Å². The molecule has 0 spiro atoms. The van der Waals surface area contributed by atoms with Crippen LogP contribution in [0.25, 0.3) is 0 Å². The van der Waals surface area contributed by atoms with Crippen LogP contribution in [0.1, 0.15) is 69.8 Å². The lowest BCUT2D eigenvalue weighted by molar-refractivity contribution is -0.131. The van der Waals surface area contributed by atoms with Gasteiger partial charge in [0.15, 0.2) is 0 Å². The van der Waals surface area contributed by atoms with Crippen LogP contribution in [0.4, 0.5) is 0 Å². The summed E-state index contributed by atoms with van der Waals surface area (Å²) in [6, 6.07) is 7.22. The number of carbonyl (C=O) groups is 2. The molecule has 2 fully saturated rings. The summed E-state index contributed by atoms with van der Waals surface area (Å²) in [5.41, 5.74) is 1.02. The van der Waals surface area contributed by atoms with E-state index in [9.17, 15) is 9.59 Å². The van der Waals surface area contributed by atoms with Crippen LogP contribution in [0.5, 0.6) is 5.75 Å². The van der Waals surface area contributed by atoms with E-state index >= 15 is 0 Å². The number of hydrogen-bond acceptors (Lipinski definition) is 4. The minimum absolute atomic E-state index is 0.0579. The fourth-order valence-electron chi connectivity index (χ4n) is 4.60. The van der Waals surface area contributed by atoms with Crippen LogP contribution in [-0.2, 0) is 16.1 Å². The largest absolute Gasteiger partial charge is 0.497 e. The van der Waals surface area contributed by atoms with E-state index in [1.54, 1.807) is 7.11 Å². The van der Waals surface area contributed by atoms with Crippen molar-refractivity contribution in [2.24, 2.45) is 11.8 Å². The molecule has 5 nitrogen and oxygen atoms in total. The predicted molar refractivity (Wildman–Crippen MR) is 127 cm³/mol. The van der Waals surface area contributed by atoms with Crippen molar-refractivity contribution >= 4 is 23.6 Å². The summed E-state index contributed by atoms with van der Waals surface area (Å²) in [6.07, 6.45) is 12.0. The molecule has 0 aromatic heterocycles. The third-order valence-corrected chi connectivity index (χ3v) is 7.87. The second-order valence-electron chi connectivity index (χ2n) is 9.00. The fraction of sp³-hybridized carbons (Fsp3) is 0.680. The molecule has 1 aromatic carbocycles. The maximum Gasteiger partial charge on any atom is 0.243 e. The summed E-state index contributed by atoms with van der Waals surface area (Å²) in [6.45, 7) is 0.450. The lowest BCUT2D eigenvalue weighted by atomic mass is 9.88. The SMILES string of the molecule is COc1ccc(CNC(=O)C(CSCC2CCCCC2)NC(=O)C2CCCCC2)cc1. The molecule has 3 rings (SSSR count). The Morgan fingerprint density at radius 3 is 2.29 bits per heavy atom. The van der Waals surface area contributed by atoms with Crippen molar-refractivity contribution in [1.29, 1.82) is 0 Å². The number of nitrogens with one attached hydrogen (secondary N) is 2. The standard InChI is InChI=1S/C25H38N2O3S/c1-30-22-14-12-19(13-15-22)16-26-25(29)23(18-31-17-20-8-4-2-5-9-20)27-24(28)21-10-6-3-7-11-21/h12-15,20-21,23H,2-11,16-18H2,1H3,(H,26,29)(H,27,28). The van der Waals surface area contributed by atoms with Crippen LogP contribution >= 0.6 is 11.8 Å². The van der Waals surface area contributed by atoms with E-state index < -0.39 is 6.04 Å². The summed E-state index contributed by atoms with van der Waals surface area (Å²) in [7, 11) is 1.64. The van der Waals surface area contributed by atoms with E-state index in [0.717, 1.165) is 48.7 Å². The highest BCUT2D eigenvalue weighted by molar-refractivity contribution is 7.99. The highest BCUT2D eigenvalue weighted by Gasteiger charge is 2.27. The van der Waals surface area contributed by atoms with Gasteiger partial charge in [0.25, 0.3) is 0 Å². The maximum atomic E-state index is 13.0. The monoisotopic (exact) mass is 446 g/mol. The molecule has 1 unspecified atom stereocenters. The maximum absolute atomic E-state index is 13.0. The zero-order valence-corrected chi connectivity index (χ0v) is 19.7. The number of ether oxygens (including phenoxy) is 1. The Morgan fingerprint density at radius 2 is 1.65 bits per heavy atom. The molecule has 0 heterocycles. The Bertz CT molecular complexity index is 683. The van der Waals surface area contributed by atoms with Crippen LogP contribution in [0.15, 0.2) is 24.3 Å². The smallest absolute Gasteiger partial charge is 0.243 e. The summed E-state index contributed by atoms with van der Waals surface area (Å²) in [5.74, 6) is 3.32. The van der Waals surface area contributed by atoms with Crippen molar-refractivity contribution in [3.63, 3.8) is 0 Å². The topological polar surface area (TPSA) is 67.4 Å². The van der Waals surface area contributed by atoms with Gasteiger partial charge in [0.2, 0.25) is 11.8 Å². The first kappa shape index (κ1) is 24.0. The number of thioether (sulfide) groups is 1. The number of carbonyl (C=O) groups excluding carboxylic acids is 2. The van der Waals surface area contributed by atoms with Crippen LogP contribution in [0.2, 0.25) is 0 Å². The van der Waals surface area contributed by atoms with E-state index in [2.05, 4.69) is 10.6 Å². The van der Waals surface area contributed by atoms with Gasteiger partial charge in [0.05, 0.1) is 7.11 Å². The van der Waals surface area contributed by atoms with Gasteiger partial charge in [-0.25, -0.2) is 0 Å². The summed E-state index contributed by atoms with van der Waals surface area (Å²) in [5, 5.41) is 6.11. The molecule has 1 atom stereocenters. The van der Waals surface area contributed by atoms with Gasteiger partial charge in [-0.15, -0.1) is 0 Å². The van der Waals surface area contributed by atoms with Crippen molar-refractivity contribution < 1.29 is 14.3 Å². The lowest BCUT2D eigenvalue weighted by Crippen LogP contribution is -2.50. The van der Waals surface area contributed by atoms with Gasteiger partial charge in [-0.05, 0) is 55.1 Å². The average Bonchev–Trinajstić information content (AvgIpc) is 2.83. The number of hydrogen-bond donors (Lipinski definition) is 2. The zero-order valence-electron chi connectivity index (χ0n) is 18.9. The van der Waals surface area contributed by atoms with Crippen molar-refractivity contribution in [1.82, 2.24) is 10.6 Å². The van der Waals surface area contributed by atoms with Crippen LogP contribution in [0.3, 0.4) is 0 Å². The van der Waals surface area contributed by atoms with E-state index in [-0.39, 0.29) is 17.7 Å². The second kappa shape index (κ2) is 13.0. The van der Waals surface area contributed by atoms with E-state index in [0.29, 0.717) is 12.3 Å². The van der Waals surface area contributed by atoms with Crippen molar-refractivity contribution in [3.8, 4) is 5.75 Å². The van der Waals surface area contributed by atoms with Crippen LogP contribution in [-0.4, -0.2) is 36.5 Å². The minimum atomic E-state index is -0.471. The number of methoxy groups -OCH3 is 1. The Hall–Kier alpha value is -1.69. The fourth-order valence-corrected chi connectivity index (χ4v) is 5.87.